The van der Waals surface area contributed by atoms with Crippen molar-refractivity contribution in [2.75, 3.05) is 27.4 Å². The summed E-state index contributed by atoms with van der Waals surface area (Å²) in [4.78, 5) is 20.1. The molecule has 0 spiro atoms. The molecule has 1 saturated heterocycles. The van der Waals surface area contributed by atoms with Gasteiger partial charge in [-0.05, 0) is 53.2 Å². The molecule has 1 aliphatic heterocycles. The first-order chi connectivity index (χ1) is 16.7. The van der Waals surface area contributed by atoms with Crippen LogP contribution < -0.4 is 9.47 Å². The van der Waals surface area contributed by atoms with Crippen LogP contribution in [0.4, 0.5) is 5.69 Å². The van der Waals surface area contributed by atoms with Gasteiger partial charge in [-0.25, -0.2) is 4.99 Å². The highest BCUT2D eigenvalue weighted by atomic mass is 32.2. The van der Waals surface area contributed by atoms with Crippen molar-refractivity contribution in [3.63, 3.8) is 0 Å². The molecule has 0 unspecified atom stereocenters. The average Bonchev–Trinajstić information content (AvgIpc) is 3.16. The highest BCUT2D eigenvalue weighted by molar-refractivity contribution is 8.18. The number of carbonyl (C=O) groups is 1. The molecule has 1 amide bonds. The van der Waals surface area contributed by atoms with Gasteiger partial charge in [-0.2, -0.15) is 0 Å². The SMILES string of the molecule is COCCN1C(=O)/C(=C/c2ccc(OC)c(OCc3ccccc3)c2)SC1=Nc1ccccc1. The Balaban J connectivity index is 1.59. The molecule has 0 aromatic heterocycles. The van der Waals surface area contributed by atoms with Gasteiger partial charge in [0.25, 0.3) is 5.91 Å². The van der Waals surface area contributed by atoms with E-state index in [1.807, 2.05) is 84.9 Å². The average molecular weight is 475 g/mol. The first-order valence-corrected chi connectivity index (χ1v) is 11.7. The number of hydrogen-bond donors (Lipinski definition) is 0. The van der Waals surface area contributed by atoms with Crippen LogP contribution in [-0.4, -0.2) is 43.3 Å². The van der Waals surface area contributed by atoms with Gasteiger partial charge >= 0.3 is 0 Å². The molecule has 1 fully saturated rings. The maximum atomic E-state index is 13.2. The normalized spacial score (nSPS) is 15.8. The number of carbonyl (C=O) groups excluding carboxylic acids is 1. The standard InChI is InChI=1S/C27H26N2O4S/c1-31-16-15-29-26(30)25(34-27(29)28-22-11-7-4-8-12-22)18-21-13-14-23(32-2)24(17-21)33-19-20-9-5-3-6-10-20/h3-14,17-18H,15-16,19H2,1-2H3/b25-18-,28-27?. The molecular weight excluding hydrogens is 448 g/mol. The van der Waals surface area contributed by atoms with E-state index in [1.54, 1.807) is 19.1 Å². The van der Waals surface area contributed by atoms with E-state index in [0.717, 1.165) is 16.8 Å². The Hall–Kier alpha value is -3.55. The van der Waals surface area contributed by atoms with Crippen LogP contribution in [-0.2, 0) is 16.1 Å². The molecule has 0 radical (unpaired) electrons. The zero-order chi connectivity index (χ0) is 23.8. The monoisotopic (exact) mass is 474 g/mol. The lowest BCUT2D eigenvalue weighted by Crippen LogP contribution is -2.32. The van der Waals surface area contributed by atoms with Gasteiger partial charge in [-0.15, -0.1) is 0 Å². The smallest absolute Gasteiger partial charge is 0.266 e. The number of thioether (sulfide) groups is 1. The van der Waals surface area contributed by atoms with E-state index in [9.17, 15) is 4.79 Å². The van der Waals surface area contributed by atoms with Crippen molar-refractivity contribution >= 4 is 34.6 Å². The van der Waals surface area contributed by atoms with E-state index >= 15 is 0 Å². The van der Waals surface area contributed by atoms with Crippen molar-refractivity contribution in [2.24, 2.45) is 4.99 Å². The Kier molecular flexibility index (Phi) is 8.01. The summed E-state index contributed by atoms with van der Waals surface area (Å²) < 4.78 is 16.7. The molecule has 0 saturated carbocycles. The Morgan fingerprint density at radius 2 is 1.68 bits per heavy atom. The second kappa shape index (κ2) is 11.5. The minimum absolute atomic E-state index is 0.0979. The van der Waals surface area contributed by atoms with E-state index in [0.29, 0.717) is 41.3 Å². The van der Waals surface area contributed by atoms with Crippen LogP contribution in [0.15, 0.2) is 88.8 Å². The van der Waals surface area contributed by atoms with Gasteiger partial charge in [0.2, 0.25) is 0 Å². The third-order valence-corrected chi connectivity index (χ3v) is 6.12. The molecule has 1 aliphatic rings. The van der Waals surface area contributed by atoms with Crippen molar-refractivity contribution in [1.82, 2.24) is 4.90 Å². The number of ether oxygens (including phenoxy) is 3. The summed E-state index contributed by atoms with van der Waals surface area (Å²) in [5.74, 6) is 1.15. The Bertz CT molecular complexity index is 1180. The van der Waals surface area contributed by atoms with Crippen LogP contribution in [0.1, 0.15) is 11.1 Å². The molecule has 4 rings (SSSR count). The van der Waals surface area contributed by atoms with Crippen LogP contribution in [0.2, 0.25) is 0 Å². The van der Waals surface area contributed by atoms with E-state index in [4.69, 9.17) is 14.2 Å². The Labute approximate surface area is 203 Å². The van der Waals surface area contributed by atoms with Crippen LogP contribution in [0.3, 0.4) is 0 Å². The van der Waals surface area contributed by atoms with Crippen molar-refractivity contribution in [1.29, 1.82) is 0 Å². The Morgan fingerprint density at radius 3 is 2.38 bits per heavy atom. The fourth-order valence-corrected chi connectivity index (χ4v) is 4.39. The number of amides is 1. The van der Waals surface area contributed by atoms with E-state index in [-0.39, 0.29) is 5.91 Å². The zero-order valence-corrected chi connectivity index (χ0v) is 20.0. The molecule has 0 aliphatic carbocycles. The zero-order valence-electron chi connectivity index (χ0n) is 19.1. The van der Waals surface area contributed by atoms with Gasteiger partial charge in [0.1, 0.15) is 6.61 Å². The van der Waals surface area contributed by atoms with E-state index < -0.39 is 0 Å². The number of para-hydroxylation sites is 1. The van der Waals surface area contributed by atoms with Crippen molar-refractivity contribution in [3.8, 4) is 11.5 Å². The van der Waals surface area contributed by atoms with Crippen molar-refractivity contribution in [2.45, 2.75) is 6.61 Å². The molecule has 7 heteroatoms. The van der Waals surface area contributed by atoms with Gasteiger partial charge in [0.05, 0.1) is 30.9 Å². The lowest BCUT2D eigenvalue weighted by Gasteiger charge is -2.14. The van der Waals surface area contributed by atoms with E-state index in [2.05, 4.69) is 4.99 Å². The molecule has 0 bridgehead atoms. The largest absolute Gasteiger partial charge is 0.493 e. The summed E-state index contributed by atoms with van der Waals surface area (Å²) in [6.07, 6.45) is 1.86. The molecular formula is C27H26N2O4S. The number of methoxy groups -OCH3 is 2. The molecule has 1 heterocycles. The summed E-state index contributed by atoms with van der Waals surface area (Å²) >= 11 is 1.35. The first kappa shape index (κ1) is 23.6. The minimum Gasteiger partial charge on any atom is -0.493 e. The van der Waals surface area contributed by atoms with Gasteiger partial charge < -0.3 is 14.2 Å². The molecule has 6 nitrogen and oxygen atoms in total. The number of nitrogens with zero attached hydrogens (tertiary/aromatic N) is 2. The van der Waals surface area contributed by atoms with Gasteiger partial charge in [0, 0.05) is 7.11 Å². The van der Waals surface area contributed by atoms with Gasteiger partial charge in [-0.1, -0.05) is 54.6 Å². The third-order valence-electron chi connectivity index (χ3n) is 5.11. The topological polar surface area (TPSA) is 60.4 Å². The number of benzene rings is 3. The number of hydrogen-bond acceptors (Lipinski definition) is 6. The summed E-state index contributed by atoms with van der Waals surface area (Å²) in [6, 6.07) is 25.2. The molecule has 174 valence electrons. The number of rotatable bonds is 9. The fourth-order valence-electron chi connectivity index (χ4n) is 3.37. The first-order valence-electron chi connectivity index (χ1n) is 10.9. The van der Waals surface area contributed by atoms with Crippen LogP contribution in [0.25, 0.3) is 6.08 Å². The lowest BCUT2D eigenvalue weighted by atomic mass is 10.1. The van der Waals surface area contributed by atoms with E-state index in [1.165, 1.54) is 11.8 Å². The second-order valence-corrected chi connectivity index (χ2v) is 8.48. The Morgan fingerprint density at radius 1 is 0.941 bits per heavy atom. The fraction of sp³-hybridized carbons (Fsp3) is 0.185. The minimum atomic E-state index is -0.0979. The van der Waals surface area contributed by atoms with Crippen LogP contribution in [0, 0.1) is 0 Å². The highest BCUT2D eigenvalue weighted by Gasteiger charge is 2.33. The highest BCUT2D eigenvalue weighted by Crippen LogP contribution is 2.36. The van der Waals surface area contributed by atoms with Crippen molar-refractivity contribution in [3.05, 3.63) is 94.9 Å². The second-order valence-electron chi connectivity index (χ2n) is 7.47. The van der Waals surface area contributed by atoms with Crippen molar-refractivity contribution < 1.29 is 19.0 Å². The third kappa shape index (κ3) is 5.87. The molecule has 34 heavy (non-hydrogen) atoms. The molecule has 0 N–H and O–H groups in total. The summed E-state index contributed by atoms with van der Waals surface area (Å²) in [5.41, 5.74) is 2.69. The lowest BCUT2D eigenvalue weighted by molar-refractivity contribution is -0.122. The maximum Gasteiger partial charge on any atom is 0.266 e. The number of aliphatic imine (C=N–C) groups is 1. The predicted octanol–water partition coefficient (Wildman–Crippen LogP) is 5.52. The molecule has 0 atom stereocenters. The summed E-state index contributed by atoms with van der Waals surface area (Å²) in [6.45, 7) is 1.27. The summed E-state index contributed by atoms with van der Waals surface area (Å²) in [5, 5.41) is 0.633. The van der Waals surface area contributed by atoms with Crippen LogP contribution >= 0.6 is 11.8 Å². The quantitative estimate of drug-likeness (QED) is 0.382. The summed E-state index contributed by atoms with van der Waals surface area (Å²) in [7, 11) is 3.23. The predicted molar refractivity (Wildman–Crippen MR) is 136 cm³/mol. The van der Waals surface area contributed by atoms with Crippen LogP contribution in [0.5, 0.6) is 11.5 Å². The maximum absolute atomic E-state index is 13.2. The van der Waals surface area contributed by atoms with Gasteiger partial charge in [0.15, 0.2) is 16.7 Å². The number of amidine groups is 1. The van der Waals surface area contributed by atoms with Gasteiger partial charge in [-0.3, -0.25) is 9.69 Å². The molecule has 3 aromatic carbocycles. The molecule has 3 aromatic rings.